The fourth-order valence-corrected chi connectivity index (χ4v) is 2.77. The first-order valence-electron chi connectivity index (χ1n) is 8.67. The molecule has 1 heterocycles. The van der Waals surface area contributed by atoms with E-state index in [0.717, 1.165) is 29.9 Å². The second-order valence-corrected chi connectivity index (χ2v) is 6.03. The van der Waals surface area contributed by atoms with Gasteiger partial charge in [0, 0.05) is 5.69 Å². The van der Waals surface area contributed by atoms with Gasteiger partial charge in [-0.2, -0.15) is 5.10 Å². The number of benzene rings is 2. The molecule has 0 atom stereocenters. The molecule has 146 valence electrons. The van der Waals surface area contributed by atoms with Crippen molar-refractivity contribution in [2.24, 2.45) is 0 Å². The van der Waals surface area contributed by atoms with Gasteiger partial charge in [0.15, 0.2) is 0 Å². The van der Waals surface area contributed by atoms with Crippen LogP contribution < -0.4 is 10.1 Å². The van der Waals surface area contributed by atoms with E-state index in [1.807, 2.05) is 37.3 Å². The lowest BCUT2D eigenvalue weighted by molar-refractivity contribution is -0.274. The maximum Gasteiger partial charge on any atom is 0.573 e. The summed E-state index contributed by atoms with van der Waals surface area (Å²) < 4.78 is 42.2. The fraction of sp³-hybridized carbons (Fsp3) is 0.200. The molecular weight excluding hydrogens is 371 g/mol. The first kappa shape index (κ1) is 19.5. The van der Waals surface area contributed by atoms with E-state index in [1.165, 1.54) is 18.3 Å². The Balaban J connectivity index is 1.80. The lowest BCUT2D eigenvalue weighted by Gasteiger charge is -2.11. The number of carbonyl (C=O) groups excluding carboxylic acids is 1. The number of ether oxygens (including phenoxy) is 1. The summed E-state index contributed by atoms with van der Waals surface area (Å²) in [7, 11) is 0. The summed E-state index contributed by atoms with van der Waals surface area (Å²) >= 11 is 0. The number of nitrogens with one attached hydrogen (secondary N) is 1. The number of anilines is 1. The molecule has 0 fully saturated rings. The average molecular weight is 389 g/mol. The molecule has 3 rings (SSSR count). The monoisotopic (exact) mass is 389 g/mol. The molecule has 0 aliphatic rings. The van der Waals surface area contributed by atoms with Gasteiger partial charge in [0.1, 0.15) is 5.75 Å². The topological polar surface area (TPSA) is 56.1 Å². The molecule has 1 N–H and O–H groups in total. The van der Waals surface area contributed by atoms with E-state index in [4.69, 9.17) is 0 Å². The Morgan fingerprint density at radius 3 is 2.39 bits per heavy atom. The third kappa shape index (κ3) is 4.70. The van der Waals surface area contributed by atoms with Crippen LogP contribution in [0.4, 0.5) is 18.9 Å². The van der Waals surface area contributed by atoms with Gasteiger partial charge in [-0.3, -0.25) is 4.79 Å². The summed E-state index contributed by atoms with van der Waals surface area (Å²) in [4.78, 5) is 12.7. The third-order valence-electron chi connectivity index (χ3n) is 3.95. The van der Waals surface area contributed by atoms with Gasteiger partial charge >= 0.3 is 6.36 Å². The Morgan fingerprint density at radius 1 is 1.11 bits per heavy atom. The largest absolute Gasteiger partial charge is 0.573 e. The number of hydrogen-bond donors (Lipinski definition) is 1. The van der Waals surface area contributed by atoms with Crippen LogP contribution in [0.2, 0.25) is 0 Å². The van der Waals surface area contributed by atoms with Gasteiger partial charge in [-0.25, -0.2) is 4.68 Å². The van der Waals surface area contributed by atoms with Crippen molar-refractivity contribution in [1.82, 2.24) is 9.78 Å². The molecule has 0 saturated heterocycles. The number of hydrogen-bond acceptors (Lipinski definition) is 3. The summed E-state index contributed by atoms with van der Waals surface area (Å²) in [5.41, 5.74) is 2.39. The highest BCUT2D eigenvalue weighted by Gasteiger charge is 2.31. The van der Waals surface area contributed by atoms with Crippen molar-refractivity contribution in [3.8, 4) is 11.4 Å². The van der Waals surface area contributed by atoms with E-state index in [-0.39, 0.29) is 11.7 Å². The fourth-order valence-electron chi connectivity index (χ4n) is 2.77. The molecule has 1 aromatic heterocycles. The van der Waals surface area contributed by atoms with Gasteiger partial charge in [0.25, 0.3) is 5.91 Å². The second kappa shape index (κ2) is 8.16. The van der Waals surface area contributed by atoms with E-state index in [0.29, 0.717) is 17.7 Å². The van der Waals surface area contributed by atoms with Crippen LogP contribution in [0.15, 0.2) is 60.8 Å². The lowest BCUT2D eigenvalue weighted by Crippen LogP contribution is -2.17. The van der Waals surface area contributed by atoms with Crippen LogP contribution in [0.5, 0.6) is 5.75 Å². The number of carbonyl (C=O) groups is 1. The average Bonchev–Trinajstić information content (AvgIpc) is 3.07. The SMILES string of the molecule is CCCc1c(C(=O)Nc2ccc(OC(F)(F)F)cc2)cnn1-c1ccccc1. The maximum atomic E-state index is 12.7. The zero-order valence-electron chi connectivity index (χ0n) is 15.0. The normalized spacial score (nSPS) is 11.3. The van der Waals surface area contributed by atoms with Crippen molar-refractivity contribution < 1.29 is 22.7 Å². The van der Waals surface area contributed by atoms with E-state index < -0.39 is 6.36 Å². The van der Waals surface area contributed by atoms with Gasteiger partial charge in [-0.05, 0) is 42.8 Å². The van der Waals surface area contributed by atoms with Crippen LogP contribution in [0, 0.1) is 0 Å². The second-order valence-electron chi connectivity index (χ2n) is 6.03. The standard InChI is InChI=1S/C20H18F3N3O2/c1-2-6-18-17(13-24-26(18)15-7-4-3-5-8-15)19(27)25-14-9-11-16(12-10-14)28-20(21,22)23/h3-5,7-13H,2,6H2,1H3,(H,25,27). The van der Waals surface area contributed by atoms with E-state index in [2.05, 4.69) is 15.2 Å². The summed E-state index contributed by atoms with van der Waals surface area (Å²) in [6, 6.07) is 14.4. The van der Waals surface area contributed by atoms with Gasteiger partial charge in [0.2, 0.25) is 0 Å². The van der Waals surface area contributed by atoms with Crippen molar-refractivity contribution in [1.29, 1.82) is 0 Å². The first-order chi connectivity index (χ1) is 13.4. The Bertz CT molecular complexity index is 936. The van der Waals surface area contributed by atoms with Crippen molar-refractivity contribution in [3.05, 3.63) is 72.1 Å². The maximum absolute atomic E-state index is 12.7. The molecule has 0 aliphatic heterocycles. The van der Waals surface area contributed by atoms with Crippen molar-refractivity contribution in [2.75, 3.05) is 5.32 Å². The Morgan fingerprint density at radius 2 is 1.79 bits per heavy atom. The van der Waals surface area contributed by atoms with Crippen LogP contribution in [0.25, 0.3) is 5.69 Å². The lowest BCUT2D eigenvalue weighted by atomic mass is 10.1. The van der Waals surface area contributed by atoms with Crippen LogP contribution in [-0.2, 0) is 6.42 Å². The van der Waals surface area contributed by atoms with Gasteiger partial charge in [-0.15, -0.1) is 13.2 Å². The molecule has 8 heteroatoms. The summed E-state index contributed by atoms with van der Waals surface area (Å²) in [6.45, 7) is 2.00. The highest BCUT2D eigenvalue weighted by Crippen LogP contribution is 2.24. The van der Waals surface area contributed by atoms with Crippen LogP contribution in [0.3, 0.4) is 0 Å². The molecule has 2 aromatic carbocycles. The molecule has 0 spiro atoms. The van der Waals surface area contributed by atoms with E-state index in [1.54, 1.807) is 4.68 Å². The zero-order valence-corrected chi connectivity index (χ0v) is 15.0. The Kier molecular flexibility index (Phi) is 5.67. The van der Waals surface area contributed by atoms with Gasteiger partial charge in [0.05, 0.1) is 23.1 Å². The molecule has 5 nitrogen and oxygen atoms in total. The molecular formula is C20H18F3N3O2. The summed E-state index contributed by atoms with van der Waals surface area (Å²) in [6.07, 6.45) is -1.79. The molecule has 28 heavy (non-hydrogen) atoms. The molecule has 0 bridgehead atoms. The van der Waals surface area contributed by atoms with Gasteiger partial charge in [-0.1, -0.05) is 31.5 Å². The highest BCUT2D eigenvalue weighted by atomic mass is 19.4. The first-order valence-corrected chi connectivity index (χ1v) is 8.67. The van der Waals surface area contributed by atoms with E-state index >= 15 is 0 Å². The number of para-hydroxylation sites is 1. The number of aromatic nitrogens is 2. The molecule has 0 unspecified atom stereocenters. The number of halogens is 3. The molecule has 0 radical (unpaired) electrons. The minimum atomic E-state index is -4.76. The summed E-state index contributed by atoms with van der Waals surface area (Å²) in [5, 5.41) is 7.02. The predicted octanol–water partition coefficient (Wildman–Crippen LogP) is 4.98. The van der Waals surface area contributed by atoms with Crippen molar-refractivity contribution in [2.45, 2.75) is 26.1 Å². The van der Waals surface area contributed by atoms with Gasteiger partial charge < -0.3 is 10.1 Å². The van der Waals surface area contributed by atoms with Crippen molar-refractivity contribution >= 4 is 11.6 Å². The Hall–Kier alpha value is -3.29. The molecule has 0 saturated carbocycles. The van der Waals surface area contributed by atoms with Crippen LogP contribution in [-0.4, -0.2) is 22.1 Å². The molecule has 3 aromatic rings. The minimum absolute atomic E-state index is 0.353. The number of nitrogens with zero attached hydrogens (tertiary/aromatic N) is 2. The number of rotatable bonds is 6. The van der Waals surface area contributed by atoms with Crippen LogP contribution >= 0.6 is 0 Å². The predicted molar refractivity (Wildman–Crippen MR) is 98.6 cm³/mol. The number of amides is 1. The Labute approximate surface area is 159 Å². The van der Waals surface area contributed by atoms with Crippen molar-refractivity contribution in [3.63, 3.8) is 0 Å². The minimum Gasteiger partial charge on any atom is -0.406 e. The smallest absolute Gasteiger partial charge is 0.406 e. The van der Waals surface area contributed by atoms with Crippen LogP contribution in [0.1, 0.15) is 29.4 Å². The zero-order chi connectivity index (χ0) is 20.1. The summed E-state index contributed by atoms with van der Waals surface area (Å²) in [5.74, 6) is -0.732. The molecule has 0 aliphatic carbocycles. The highest BCUT2D eigenvalue weighted by molar-refractivity contribution is 6.05. The number of alkyl halides is 3. The molecule has 1 amide bonds. The van der Waals surface area contributed by atoms with E-state index in [9.17, 15) is 18.0 Å². The third-order valence-corrected chi connectivity index (χ3v) is 3.95. The quantitative estimate of drug-likeness (QED) is 0.647.